The van der Waals surface area contributed by atoms with Crippen LogP contribution in [0.3, 0.4) is 0 Å². The van der Waals surface area contributed by atoms with Gasteiger partial charge in [0.25, 0.3) is 0 Å². The zero-order valence-electron chi connectivity index (χ0n) is 13.1. The van der Waals surface area contributed by atoms with Gasteiger partial charge in [-0.3, -0.25) is 0 Å². The molecule has 2 rings (SSSR count). The molecule has 1 aromatic rings. The summed E-state index contributed by atoms with van der Waals surface area (Å²) in [4.78, 5) is 4.67. The van der Waals surface area contributed by atoms with E-state index >= 15 is 0 Å². The standard InChI is InChI=1S/C17H25N3O/c1-4-18-17(20-15-7-5-6-8-15)19-12-14-9-13(2)10-16(11-14)21-3/h5-6,9-11,15H,4,7-8,12H2,1-3H3,(H2,18,19,20). The fraction of sp³-hybridized carbons (Fsp3) is 0.471. The molecule has 21 heavy (non-hydrogen) atoms. The van der Waals surface area contributed by atoms with Crippen LogP contribution in [-0.2, 0) is 6.54 Å². The molecule has 0 atom stereocenters. The zero-order valence-corrected chi connectivity index (χ0v) is 13.1. The van der Waals surface area contributed by atoms with Crippen LogP contribution in [0.15, 0.2) is 35.3 Å². The van der Waals surface area contributed by atoms with Crippen molar-refractivity contribution in [3.05, 3.63) is 41.5 Å². The van der Waals surface area contributed by atoms with Crippen molar-refractivity contribution in [2.45, 2.75) is 39.3 Å². The van der Waals surface area contributed by atoms with Gasteiger partial charge in [0.05, 0.1) is 13.7 Å². The quantitative estimate of drug-likeness (QED) is 0.497. The van der Waals surface area contributed by atoms with Crippen LogP contribution in [0.5, 0.6) is 5.75 Å². The maximum absolute atomic E-state index is 5.31. The lowest BCUT2D eigenvalue weighted by Gasteiger charge is -2.16. The number of nitrogens with one attached hydrogen (secondary N) is 2. The SMILES string of the molecule is CCNC(=NCc1cc(C)cc(OC)c1)NC1CC=CC1. The number of rotatable bonds is 5. The summed E-state index contributed by atoms with van der Waals surface area (Å²) in [6, 6.07) is 6.68. The average Bonchev–Trinajstić information content (AvgIpc) is 2.97. The lowest BCUT2D eigenvalue weighted by molar-refractivity contribution is 0.414. The molecule has 0 aliphatic heterocycles. The molecule has 0 heterocycles. The molecule has 0 radical (unpaired) electrons. The van der Waals surface area contributed by atoms with E-state index < -0.39 is 0 Å². The summed E-state index contributed by atoms with van der Waals surface area (Å²) >= 11 is 0. The molecule has 2 N–H and O–H groups in total. The highest BCUT2D eigenvalue weighted by Gasteiger charge is 2.11. The van der Waals surface area contributed by atoms with Crippen molar-refractivity contribution in [1.29, 1.82) is 0 Å². The molecular weight excluding hydrogens is 262 g/mol. The molecule has 114 valence electrons. The van der Waals surface area contributed by atoms with Crippen molar-refractivity contribution in [2.75, 3.05) is 13.7 Å². The monoisotopic (exact) mass is 287 g/mol. The van der Waals surface area contributed by atoms with Gasteiger partial charge in [0, 0.05) is 12.6 Å². The number of aryl methyl sites for hydroxylation is 1. The summed E-state index contributed by atoms with van der Waals surface area (Å²) in [5.74, 6) is 1.77. The summed E-state index contributed by atoms with van der Waals surface area (Å²) in [7, 11) is 1.69. The largest absolute Gasteiger partial charge is 0.497 e. The molecule has 0 fully saturated rings. The second kappa shape index (κ2) is 7.72. The van der Waals surface area contributed by atoms with Gasteiger partial charge in [-0.25, -0.2) is 4.99 Å². The van der Waals surface area contributed by atoms with Crippen molar-refractivity contribution in [3.63, 3.8) is 0 Å². The van der Waals surface area contributed by atoms with Gasteiger partial charge in [-0.1, -0.05) is 18.2 Å². The lowest BCUT2D eigenvalue weighted by Crippen LogP contribution is -2.42. The van der Waals surface area contributed by atoms with Crippen LogP contribution in [0.25, 0.3) is 0 Å². The highest BCUT2D eigenvalue weighted by atomic mass is 16.5. The minimum atomic E-state index is 0.467. The molecule has 4 nitrogen and oxygen atoms in total. The van der Waals surface area contributed by atoms with E-state index in [1.54, 1.807) is 7.11 Å². The third-order valence-corrected chi connectivity index (χ3v) is 3.46. The number of benzene rings is 1. The maximum atomic E-state index is 5.31. The number of aliphatic imine (C=N–C) groups is 1. The van der Waals surface area contributed by atoms with Gasteiger partial charge in [-0.15, -0.1) is 0 Å². The Bertz CT molecular complexity index is 515. The van der Waals surface area contributed by atoms with Crippen molar-refractivity contribution in [3.8, 4) is 5.75 Å². The van der Waals surface area contributed by atoms with Crippen molar-refractivity contribution >= 4 is 5.96 Å². The highest BCUT2D eigenvalue weighted by Crippen LogP contribution is 2.17. The summed E-state index contributed by atoms with van der Waals surface area (Å²) in [6.45, 7) is 5.67. The number of nitrogens with zero attached hydrogens (tertiary/aromatic N) is 1. The van der Waals surface area contributed by atoms with Crippen LogP contribution < -0.4 is 15.4 Å². The van der Waals surface area contributed by atoms with Crippen molar-refractivity contribution < 1.29 is 4.74 Å². The van der Waals surface area contributed by atoms with Gasteiger partial charge in [0.2, 0.25) is 0 Å². The number of ether oxygens (including phenoxy) is 1. The van der Waals surface area contributed by atoms with E-state index in [2.05, 4.69) is 47.7 Å². The number of hydrogen-bond acceptors (Lipinski definition) is 2. The Hall–Kier alpha value is -1.97. The predicted octanol–water partition coefficient (Wildman–Crippen LogP) is 2.78. The van der Waals surface area contributed by atoms with Gasteiger partial charge in [0.15, 0.2) is 5.96 Å². The molecule has 0 saturated heterocycles. The lowest BCUT2D eigenvalue weighted by atomic mass is 10.1. The molecule has 1 aliphatic carbocycles. The first-order chi connectivity index (χ1) is 10.2. The predicted molar refractivity (Wildman–Crippen MR) is 87.8 cm³/mol. The van der Waals surface area contributed by atoms with Gasteiger partial charge in [-0.2, -0.15) is 0 Å². The van der Waals surface area contributed by atoms with Gasteiger partial charge in [-0.05, 0) is 49.9 Å². The number of hydrogen-bond donors (Lipinski definition) is 2. The molecule has 0 spiro atoms. The second-order valence-corrected chi connectivity index (χ2v) is 5.34. The molecule has 1 aromatic carbocycles. The van der Waals surface area contributed by atoms with Crippen molar-refractivity contribution in [2.24, 2.45) is 4.99 Å². The Morgan fingerprint density at radius 3 is 2.71 bits per heavy atom. The third kappa shape index (κ3) is 4.81. The van der Waals surface area contributed by atoms with Gasteiger partial charge < -0.3 is 15.4 Å². The summed E-state index contributed by atoms with van der Waals surface area (Å²) < 4.78 is 5.31. The smallest absolute Gasteiger partial charge is 0.191 e. The van der Waals surface area contributed by atoms with E-state index in [9.17, 15) is 0 Å². The summed E-state index contributed by atoms with van der Waals surface area (Å²) in [5.41, 5.74) is 2.35. The van der Waals surface area contributed by atoms with Crippen LogP contribution >= 0.6 is 0 Å². The maximum Gasteiger partial charge on any atom is 0.191 e. The second-order valence-electron chi connectivity index (χ2n) is 5.34. The Balaban J connectivity index is 2.02. The molecule has 4 heteroatoms. The average molecular weight is 287 g/mol. The van der Waals surface area contributed by atoms with E-state index in [-0.39, 0.29) is 0 Å². The van der Waals surface area contributed by atoms with Crippen LogP contribution in [0, 0.1) is 6.92 Å². The Morgan fingerprint density at radius 1 is 1.29 bits per heavy atom. The minimum absolute atomic E-state index is 0.467. The van der Waals surface area contributed by atoms with Crippen LogP contribution in [-0.4, -0.2) is 25.7 Å². The van der Waals surface area contributed by atoms with E-state index in [0.29, 0.717) is 12.6 Å². The normalized spacial score (nSPS) is 15.3. The Kier molecular flexibility index (Phi) is 5.67. The molecule has 1 aliphatic rings. The first kappa shape index (κ1) is 15.4. The topological polar surface area (TPSA) is 45.7 Å². The van der Waals surface area contributed by atoms with Gasteiger partial charge in [0.1, 0.15) is 5.75 Å². The van der Waals surface area contributed by atoms with Crippen LogP contribution in [0.2, 0.25) is 0 Å². The molecule has 0 unspecified atom stereocenters. The third-order valence-electron chi connectivity index (χ3n) is 3.46. The Labute approximate surface area is 127 Å². The molecular formula is C17H25N3O. The van der Waals surface area contributed by atoms with Gasteiger partial charge >= 0.3 is 0 Å². The molecule has 0 bridgehead atoms. The Morgan fingerprint density at radius 2 is 2.05 bits per heavy atom. The van der Waals surface area contributed by atoms with E-state index in [1.807, 2.05) is 12.1 Å². The summed E-state index contributed by atoms with van der Waals surface area (Å²) in [6.07, 6.45) is 6.57. The van der Waals surface area contributed by atoms with E-state index in [1.165, 1.54) is 5.56 Å². The number of methoxy groups -OCH3 is 1. The van der Waals surface area contributed by atoms with E-state index in [4.69, 9.17) is 4.74 Å². The van der Waals surface area contributed by atoms with Crippen molar-refractivity contribution in [1.82, 2.24) is 10.6 Å². The molecule has 0 saturated carbocycles. The highest BCUT2D eigenvalue weighted by molar-refractivity contribution is 5.80. The molecule has 0 aromatic heterocycles. The minimum Gasteiger partial charge on any atom is -0.497 e. The zero-order chi connectivity index (χ0) is 15.1. The first-order valence-corrected chi connectivity index (χ1v) is 7.55. The first-order valence-electron chi connectivity index (χ1n) is 7.55. The fourth-order valence-corrected chi connectivity index (χ4v) is 2.45. The number of guanidine groups is 1. The van der Waals surface area contributed by atoms with Crippen LogP contribution in [0.1, 0.15) is 30.9 Å². The van der Waals surface area contributed by atoms with E-state index in [0.717, 1.165) is 36.7 Å². The summed E-state index contributed by atoms with van der Waals surface area (Å²) in [5, 5.41) is 6.78. The molecule has 0 amide bonds. The fourth-order valence-electron chi connectivity index (χ4n) is 2.45. The van der Waals surface area contributed by atoms with Crippen LogP contribution in [0.4, 0.5) is 0 Å².